The summed E-state index contributed by atoms with van der Waals surface area (Å²) in [6.07, 6.45) is 3.09. The summed E-state index contributed by atoms with van der Waals surface area (Å²) in [7, 11) is 0. The van der Waals surface area contributed by atoms with E-state index < -0.39 is 0 Å². The Morgan fingerprint density at radius 3 is 3.16 bits per heavy atom. The summed E-state index contributed by atoms with van der Waals surface area (Å²) in [6, 6.07) is 6.20. The van der Waals surface area contributed by atoms with Gasteiger partial charge in [0.25, 0.3) is 5.91 Å². The molecule has 4 heteroatoms. The number of rotatable bonds is 2. The molecule has 0 saturated carbocycles. The van der Waals surface area contributed by atoms with Crippen molar-refractivity contribution in [1.82, 2.24) is 10.6 Å². The molecule has 0 spiro atoms. The van der Waals surface area contributed by atoms with Crippen LogP contribution in [0.25, 0.3) is 0 Å². The van der Waals surface area contributed by atoms with Gasteiger partial charge >= 0.3 is 0 Å². The Kier molecular flexibility index (Phi) is 3.80. The average Bonchev–Trinajstić information content (AvgIpc) is 2.48. The Bertz CT molecular complexity index is 467. The minimum Gasteiger partial charge on any atom is -0.379 e. The minimum atomic E-state index is 0.0175. The van der Waals surface area contributed by atoms with Crippen molar-refractivity contribution in [3.63, 3.8) is 0 Å². The van der Waals surface area contributed by atoms with Crippen LogP contribution in [0.5, 0.6) is 0 Å². The highest BCUT2D eigenvalue weighted by molar-refractivity contribution is 5.94. The van der Waals surface area contributed by atoms with Gasteiger partial charge in [0, 0.05) is 18.7 Å². The van der Waals surface area contributed by atoms with Gasteiger partial charge in [0.05, 0.1) is 12.6 Å². The molecule has 102 valence electrons. The summed E-state index contributed by atoms with van der Waals surface area (Å²) in [4.78, 5) is 12.2. The van der Waals surface area contributed by atoms with Gasteiger partial charge in [0.15, 0.2) is 0 Å². The fraction of sp³-hybridized carbons (Fsp3) is 0.533. The van der Waals surface area contributed by atoms with Crippen LogP contribution in [0.1, 0.15) is 34.3 Å². The van der Waals surface area contributed by atoms with Crippen LogP contribution in [0.2, 0.25) is 0 Å². The Hall–Kier alpha value is -1.39. The Balaban J connectivity index is 1.69. The number of hydrogen-bond acceptors (Lipinski definition) is 3. The predicted octanol–water partition coefficient (Wildman–Crippen LogP) is 1.24. The summed E-state index contributed by atoms with van der Waals surface area (Å²) < 4.78 is 5.38. The first-order valence-electron chi connectivity index (χ1n) is 7.04. The molecule has 2 N–H and O–H groups in total. The molecule has 4 nitrogen and oxygen atoms in total. The predicted molar refractivity (Wildman–Crippen MR) is 73.2 cm³/mol. The van der Waals surface area contributed by atoms with Crippen LogP contribution in [0.4, 0.5) is 0 Å². The lowest BCUT2D eigenvalue weighted by molar-refractivity contribution is 0.0624. The van der Waals surface area contributed by atoms with Gasteiger partial charge in [-0.3, -0.25) is 4.79 Å². The van der Waals surface area contributed by atoms with Gasteiger partial charge in [0.2, 0.25) is 0 Å². The van der Waals surface area contributed by atoms with Crippen molar-refractivity contribution in [2.24, 2.45) is 0 Å². The fourth-order valence-corrected chi connectivity index (χ4v) is 2.75. The van der Waals surface area contributed by atoms with E-state index in [1.165, 1.54) is 11.1 Å². The summed E-state index contributed by atoms with van der Waals surface area (Å²) in [5.74, 6) is 0.0175. The van der Waals surface area contributed by atoms with E-state index in [2.05, 4.69) is 16.7 Å². The number of fused-ring (bicyclic) bond motifs is 1. The molecule has 1 unspecified atom stereocenters. The van der Waals surface area contributed by atoms with E-state index in [-0.39, 0.29) is 11.9 Å². The van der Waals surface area contributed by atoms with E-state index in [1.807, 2.05) is 12.1 Å². The molecule has 1 fully saturated rings. The lowest BCUT2D eigenvalue weighted by Crippen LogP contribution is -2.40. The number of hydrogen-bond donors (Lipinski definition) is 2. The van der Waals surface area contributed by atoms with E-state index in [0.29, 0.717) is 6.61 Å². The maximum Gasteiger partial charge on any atom is 0.251 e. The highest BCUT2D eigenvalue weighted by Gasteiger charge is 2.18. The first-order chi connectivity index (χ1) is 9.33. The molecule has 0 radical (unpaired) electrons. The second-order valence-corrected chi connectivity index (χ2v) is 5.30. The molecule has 19 heavy (non-hydrogen) atoms. The third-order valence-electron chi connectivity index (χ3n) is 3.85. The van der Waals surface area contributed by atoms with Crippen LogP contribution < -0.4 is 10.6 Å². The first kappa shape index (κ1) is 12.6. The van der Waals surface area contributed by atoms with Gasteiger partial charge in [-0.25, -0.2) is 0 Å². The van der Waals surface area contributed by atoms with Crippen molar-refractivity contribution in [2.45, 2.75) is 31.8 Å². The standard InChI is InChI=1S/C15H20N2O2/c18-15(17-14-2-1-7-19-10-14)12-4-3-11-5-6-16-9-13(11)8-12/h3-4,8,14,16H,1-2,5-7,9-10H2,(H,17,18). The Morgan fingerprint density at radius 1 is 1.37 bits per heavy atom. The van der Waals surface area contributed by atoms with Crippen LogP contribution in [0, 0.1) is 0 Å². The molecule has 2 heterocycles. The molecule has 1 atom stereocenters. The maximum absolute atomic E-state index is 12.2. The Morgan fingerprint density at radius 2 is 2.32 bits per heavy atom. The molecule has 2 aliphatic heterocycles. The van der Waals surface area contributed by atoms with E-state index in [0.717, 1.165) is 44.5 Å². The van der Waals surface area contributed by atoms with Crippen molar-refractivity contribution in [2.75, 3.05) is 19.8 Å². The molecule has 0 aliphatic carbocycles. The summed E-state index contributed by atoms with van der Waals surface area (Å²) in [6.45, 7) is 3.34. The van der Waals surface area contributed by atoms with E-state index in [4.69, 9.17) is 4.74 Å². The van der Waals surface area contributed by atoms with Gasteiger partial charge in [-0.15, -0.1) is 0 Å². The summed E-state index contributed by atoms with van der Waals surface area (Å²) in [5.41, 5.74) is 3.36. The molecule has 1 amide bonds. The summed E-state index contributed by atoms with van der Waals surface area (Å²) >= 11 is 0. The largest absolute Gasteiger partial charge is 0.379 e. The molecule has 0 aromatic heterocycles. The van der Waals surface area contributed by atoms with Crippen molar-refractivity contribution >= 4 is 5.91 Å². The second kappa shape index (κ2) is 5.72. The van der Waals surface area contributed by atoms with Crippen LogP contribution in [-0.2, 0) is 17.7 Å². The number of carbonyl (C=O) groups excluding carboxylic acids is 1. The SMILES string of the molecule is O=C(NC1CCCOC1)c1ccc2c(c1)CNCC2. The van der Waals surface area contributed by atoms with Crippen LogP contribution in [0.3, 0.4) is 0 Å². The second-order valence-electron chi connectivity index (χ2n) is 5.30. The molecule has 1 saturated heterocycles. The average molecular weight is 260 g/mol. The molecular formula is C15H20N2O2. The highest BCUT2D eigenvalue weighted by Crippen LogP contribution is 2.16. The zero-order valence-corrected chi connectivity index (χ0v) is 11.1. The molecular weight excluding hydrogens is 240 g/mol. The number of carbonyl (C=O) groups is 1. The number of benzene rings is 1. The van der Waals surface area contributed by atoms with Crippen LogP contribution in [-0.4, -0.2) is 31.7 Å². The quantitative estimate of drug-likeness (QED) is 0.841. The first-order valence-corrected chi connectivity index (χ1v) is 7.04. The lowest BCUT2D eigenvalue weighted by Gasteiger charge is -2.23. The van der Waals surface area contributed by atoms with Gasteiger partial charge in [-0.1, -0.05) is 6.07 Å². The summed E-state index contributed by atoms with van der Waals surface area (Å²) in [5, 5.41) is 6.39. The number of ether oxygens (including phenoxy) is 1. The Labute approximate surface area is 113 Å². The lowest BCUT2D eigenvalue weighted by atomic mass is 9.98. The number of nitrogens with one attached hydrogen (secondary N) is 2. The topological polar surface area (TPSA) is 50.4 Å². The maximum atomic E-state index is 12.2. The highest BCUT2D eigenvalue weighted by atomic mass is 16.5. The van der Waals surface area contributed by atoms with E-state index >= 15 is 0 Å². The molecule has 2 aliphatic rings. The van der Waals surface area contributed by atoms with Crippen LogP contribution >= 0.6 is 0 Å². The molecule has 3 rings (SSSR count). The normalized spacial score (nSPS) is 22.6. The zero-order chi connectivity index (χ0) is 13.1. The van der Waals surface area contributed by atoms with Gasteiger partial charge in [-0.2, -0.15) is 0 Å². The minimum absolute atomic E-state index is 0.0175. The van der Waals surface area contributed by atoms with E-state index in [1.54, 1.807) is 0 Å². The molecule has 1 aromatic carbocycles. The van der Waals surface area contributed by atoms with Crippen molar-refractivity contribution in [3.05, 3.63) is 34.9 Å². The van der Waals surface area contributed by atoms with Crippen molar-refractivity contribution in [3.8, 4) is 0 Å². The van der Waals surface area contributed by atoms with Gasteiger partial charge in [-0.05, 0) is 49.1 Å². The van der Waals surface area contributed by atoms with Crippen molar-refractivity contribution < 1.29 is 9.53 Å². The van der Waals surface area contributed by atoms with Crippen LogP contribution in [0.15, 0.2) is 18.2 Å². The third-order valence-corrected chi connectivity index (χ3v) is 3.85. The van der Waals surface area contributed by atoms with Gasteiger partial charge in [0.1, 0.15) is 0 Å². The third kappa shape index (κ3) is 2.96. The fourth-order valence-electron chi connectivity index (χ4n) is 2.75. The van der Waals surface area contributed by atoms with Gasteiger partial charge < -0.3 is 15.4 Å². The molecule has 0 bridgehead atoms. The molecule has 1 aromatic rings. The smallest absolute Gasteiger partial charge is 0.251 e. The van der Waals surface area contributed by atoms with Crippen molar-refractivity contribution in [1.29, 1.82) is 0 Å². The monoisotopic (exact) mass is 260 g/mol. The number of amides is 1. The zero-order valence-electron chi connectivity index (χ0n) is 11.1. The van der Waals surface area contributed by atoms with E-state index in [9.17, 15) is 4.79 Å².